The van der Waals surface area contributed by atoms with Crippen molar-refractivity contribution in [2.75, 3.05) is 7.11 Å². The Balaban J connectivity index is 2.38. The van der Waals surface area contributed by atoms with E-state index in [1.54, 1.807) is 0 Å². The summed E-state index contributed by atoms with van der Waals surface area (Å²) in [7, 11) is 1.46. The highest BCUT2D eigenvalue weighted by Gasteiger charge is 2.04. The third kappa shape index (κ3) is 1.88. The molecule has 5 heteroatoms. The van der Waals surface area contributed by atoms with Crippen LogP contribution < -0.4 is 0 Å². The summed E-state index contributed by atoms with van der Waals surface area (Å²) in [6, 6.07) is 5.75. The lowest BCUT2D eigenvalue weighted by atomic mass is 10.2. The van der Waals surface area contributed by atoms with Crippen LogP contribution in [0.15, 0.2) is 29.3 Å². The highest BCUT2D eigenvalue weighted by molar-refractivity contribution is 7.94. The van der Waals surface area contributed by atoms with Crippen molar-refractivity contribution in [1.29, 1.82) is 0 Å². The van der Waals surface area contributed by atoms with Gasteiger partial charge in [-0.05, 0) is 18.2 Å². The first-order valence-electron chi connectivity index (χ1n) is 3.95. The Morgan fingerprint density at radius 3 is 3.07 bits per heavy atom. The molecule has 0 aliphatic rings. The second-order valence-corrected chi connectivity index (χ2v) is 3.85. The quantitative estimate of drug-likeness (QED) is 0.498. The zero-order valence-corrected chi connectivity index (χ0v) is 8.98. The fourth-order valence-corrected chi connectivity index (χ4v) is 2.06. The van der Waals surface area contributed by atoms with Gasteiger partial charge in [0.1, 0.15) is 0 Å². The molecule has 0 saturated carbocycles. The molecule has 1 N–H and O–H groups in total. The molecule has 1 aromatic carbocycles. The minimum atomic E-state index is 0.676. The highest BCUT2D eigenvalue weighted by atomic mass is 35.5. The normalized spacial score (nSPS) is 11.0. The maximum absolute atomic E-state index is 6.04. The Morgan fingerprint density at radius 2 is 2.29 bits per heavy atom. The first kappa shape index (κ1) is 9.86. The largest absolute Gasteiger partial charge is 0.360 e. The van der Waals surface area contributed by atoms with E-state index in [-0.39, 0.29) is 0 Å². The third-order valence-electron chi connectivity index (χ3n) is 1.78. The van der Waals surface area contributed by atoms with Gasteiger partial charge >= 0.3 is 0 Å². The Morgan fingerprint density at radius 1 is 1.43 bits per heavy atom. The Kier molecular flexibility index (Phi) is 2.98. The molecule has 0 spiro atoms. The lowest BCUT2D eigenvalue weighted by Crippen LogP contribution is -1.79. The van der Waals surface area contributed by atoms with E-state index in [1.165, 1.54) is 7.11 Å². The molecule has 0 aliphatic carbocycles. The van der Waals surface area contributed by atoms with Gasteiger partial charge in [-0.25, -0.2) is 4.89 Å². The van der Waals surface area contributed by atoms with Gasteiger partial charge in [0.25, 0.3) is 0 Å². The van der Waals surface area contributed by atoms with Crippen molar-refractivity contribution < 1.29 is 9.22 Å². The number of halogens is 1. The van der Waals surface area contributed by atoms with Gasteiger partial charge in [0.2, 0.25) is 0 Å². The van der Waals surface area contributed by atoms with Crippen LogP contribution >= 0.6 is 23.6 Å². The number of aromatic nitrogens is 1. The molecule has 0 aliphatic heterocycles. The van der Waals surface area contributed by atoms with Crippen LogP contribution in [0.5, 0.6) is 0 Å². The predicted octanol–water partition coefficient (Wildman–Crippen LogP) is 3.41. The SMILES string of the molecule is COOSc1cc(Cl)c2[nH]ccc2c1. The second kappa shape index (κ2) is 4.23. The number of fused-ring (bicyclic) bond motifs is 1. The van der Waals surface area contributed by atoms with Crippen molar-refractivity contribution in [3.05, 3.63) is 29.4 Å². The molecule has 2 rings (SSSR count). The molecule has 1 heterocycles. The summed E-state index contributed by atoms with van der Waals surface area (Å²) >= 11 is 7.17. The number of hydrogen-bond acceptors (Lipinski definition) is 3. The summed E-state index contributed by atoms with van der Waals surface area (Å²) in [5, 5.41) is 1.73. The average molecular weight is 230 g/mol. The minimum Gasteiger partial charge on any atom is -0.360 e. The summed E-state index contributed by atoms with van der Waals surface area (Å²) in [4.78, 5) is 8.46. The van der Waals surface area contributed by atoms with Gasteiger partial charge in [0, 0.05) is 16.5 Å². The second-order valence-electron chi connectivity index (χ2n) is 2.67. The van der Waals surface area contributed by atoms with E-state index in [2.05, 4.69) is 9.87 Å². The van der Waals surface area contributed by atoms with Crippen molar-refractivity contribution in [3.63, 3.8) is 0 Å². The monoisotopic (exact) mass is 229 g/mol. The summed E-state index contributed by atoms with van der Waals surface area (Å²) in [6.45, 7) is 0. The van der Waals surface area contributed by atoms with Crippen molar-refractivity contribution in [1.82, 2.24) is 4.98 Å². The van der Waals surface area contributed by atoms with E-state index in [9.17, 15) is 0 Å². The molecular weight excluding hydrogens is 222 g/mol. The zero-order valence-electron chi connectivity index (χ0n) is 7.41. The van der Waals surface area contributed by atoms with Crippen LogP contribution in [-0.4, -0.2) is 12.1 Å². The molecule has 0 fully saturated rings. The fraction of sp³-hybridized carbons (Fsp3) is 0.111. The van der Waals surface area contributed by atoms with Crippen molar-refractivity contribution in [2.45, 2.75) is 4.90 Å². The van der Waals surface area contributed by atoms with Gasteiger partial charge < -0.3 is 4.98 Å². The van der Waals surface area contributed by atoms with Crippen LogP contribution in [0.3, 0.4) is 0 Å². The lowest BCUT2D eigenvalue weighted by molar-refractivity contribution is -0.160. The van der Waals surface area contributed by atoms with E-state index < -0.39 is 0 Å². The first-order valence-corrected chi connectivity index (χ1v) is 5.07. The lowest BCUT2D eigenvalue weighted by Gasteiger charge is -2.00. The van der Waals surface area contributed by atoms with Crippen molar-refractivity contribution >= 4 is 34.5 Å². The Hall–Kier alpha value is -0.680. The summed E-state index contributed by atoms with van der Waals surface area (Å²) in [5.41, 5.74) is 0.938. The highest BCUT2D eigenvalue weighted by Crippen LogP contribution is 2.29. The summed E-state index contributed by atoms with van der Waals surface area (Å²) in [5.74, 6) is 0. The number of rotatable bonds is 3. The molecule has 0 bridgehead atoms. The molecule has 74 valence electrons. The van der Waals surface area contributed by atoms with Crippen molar-refractivity contribution in [3.8, 4) is 0 Å². The molecule has 0 unspecified atom stereocenters. The van der Waals surface area contributed by atoms with Crippen LogP contribution in [0.25, 0.3) is 10.9 Å². The molecule has 0 amide bonds. The molecule has 1 aromatic heterocycles. The van der Waals surface area contributed by atoms with E-state index in [4.69, 9.17) is 15.9 Å². The van der Waals surface area contributed by atoms with Crippen LogP contribution in [-0.2, 0) is 9.22 Å². The van der Waals surface area contributed by atoms with Gasteiger partial charge in [-0.1, -0.05) is 11.6 Å². The van der Waals surface area contributed by atoms with Gasteiger partial charge in [-0.2, -0.15) is 4.33 Å². The topological polar surface area (TPSA) is 34.2 Å². The summed E-state index contributed by atoms with van der Waals surface area (Å²) in [6.07, 6.45) is 1.85. The van der Waals surface area contributed by atoms with Crippen LogP contribution in [0.4, 0.5) is 0 Å². The van der Waals surface area contributed by atoms with Crippen LogP contribution in [0, 0.1) is 0 Å². The van der Waals surface area contributed by atoms with Gasteiger partial charge in [0.05, 0.1) is 29.7 Å². The molecule has 0 radical (unpaired) electrons. The average Bonchev–Trinajstić information content (AvgIpc) is 2.63. The molecular formula is C9H8ClNO2S. The van der Waals surface area contributed by atoms with Crippen LogP contribution in [0.2, 0.25) is 5.02 Å². The fourth-order valence-electron chi connectivity index (χ4n) is 1.22. The molecule has 14 heavy (non-hydrogen) atoms. The Labute approximate surface area is 90.5 Å². The number of aromatic amines is 1. The number of benzene rings is 1. The predicted molar refractivity (Wildman–Crippen MR) is 57.3 cm³/mol. The molecule has 0 saturated heterocycles. The zero-order chi connectivity index (χ0) is 9.97. The third-order valence-corrected chi connectivity index (χ3v) is 2.71. The molecule has 3 nitrogen and oxygen atoms in total. The smallest absolute Gasteiger partial charge is 0.0725 e. The maximum atomic E-state index is 6.04. The van der Waals surface area contributed by atoms with E-state index in [0.29, 0.717) is 5.02 Å². The maximum Gasteiger partial charge on any atom is 0.0725 e. The molecule has 2 aromatic rings. The van der Waals surface area contributed by atoms with E-state index in [0.717, 1.165) is 27.8 Å². The summed E-state index contributed by atoms with van der Waals surface area (Å²) < 4.78 is 4.75. The van der Waals surface area contributed by atoms with E-state index >= 15 is 0 Å². The Bertz CT molecular complexity index is 443. The standard InChI is InChI=1S/C9H8ClNO2S/c1-12-13-14-7-4-6-2-3-11-9(6)8(10)5-7/h2-5,11H,1H3. The van der Waals surface area contributed by atoms with Gasteiger partial charge in [-0.15, -0.1) is 0 Å². The number of H-pyrrole nitrogens is 1. The number of hydrogen-bond donors (Lipinski definition) is 1. The van der Waals surface area contributed by atoms with Crippen molar-refractivity contribution in [2.24, 2.45) is 0 Å². The number of nitrogens with one attached hydrogen (secondary N) is 1. The van der Waals surface area contributed by atoms with Gasteiger partial charge in [0.15, 0.2) is 0 Å². The van der Waals surface area contributed by atoms with Gasteiger partial charge in [-0.3, -0.25) is 0 Å². The first-order chi connectivity index (χ1) is 6.81. The van der Waals surface area contributed by atoms with Crippen LogP contribution in [0.1, 0.15) is 0 Å². The minimum absolute atomic E-state index is 0.676. The van der Waals surface area contributed by atoms with E-state index in [1.807, 2.05) is 24.4 Å². The molecule has 0 atom stereocenters.